The fourth-order valence-corrected chi connectivity index (χ4v) is 4.87. The molecule has 148 valence electrons. The molecule has 0 aromatic carbocycles. The van der Waals surface area contributed by atoms with Gasteiger partial charge in [-0.05, 0) is 19.3 Å². The van der Waals surface area contributed by atoms with Gasteiger partial charge in [0.1, 0.15) is 33.8 Å². The van der Waals surface area contributed by atoms with E-state index in [2.05, 4.69) is 10.3 Å². The zero-order valence-electron chi connectivity index (χ0n) is 15.0. The number of rotatable bonds is 6. The topological polar surface area (TPSA) is 132 Å². The molecule has 10 nitrogen and oxygen atoms in total. The van der Waals surface area contributed by atoms with Crippen LogP contribution in [0.25, 0.3) is 0 Å². The predicted octanol–water partition coefficient (Wildman–Crippen LogP) is -0.826. The molecule has 3 rings (SSSR count). The molecule has 2 saturated heterocycles. The number of sulfone groups is 1. The summed E-state index contributed by atoms with van der Waals surface area (Å²) in [5.41, 5.74) is -2.50. The highest BCUT2D eigenvalue weighted by Crippen LogP contribution is 2.48. The molecule has 3 N–H and O–H groups in total. The van der Waals surface area contributed by atoms with E-state index in [1.807, 2.05) is 6.92 Å². The molecule has 0 aromatic rings. The van der Waals surface area contributed by atoms with Gasteiger partial charge < -0.3 is 25.3 Å². The lowest BCUT2D eigenvalue weighted by Crippen LogP contribution is -2.76. The highest BCUT2D eigenvalue weighted by Gasteiger charge is 2.70. The van der Waals surface area contributed by atoms with E-state index >= 15 is 0 Å². The van der Waals surface area contributed by atoms with Crippen LogP contribution in [0.3, 0.4) is 0 Å². The molecule has 0 aromatic heterocycles. The van der Waals surface area contributed by atoms with Crippen molar-refractivity contribution in [2.75, 3.05) is 31.8 Å². The van der Waals surface area contributed by atoms with Crippen molar-refractivity contribution < 1.29 is 28.3 Å². The van der Waals surface area contributed by atoms with E-state index in [0.717, 1.165) is 11.3 Å². The summed E-state index contributed by atoms with van der Waals surface area (Å²) in [4.78, 5) is 18.2. The van der Waals surface area contributed by atoms with Gasteiger partial charge >= 0.3 is 6.03 Å². The highest BCUT2D eigenvalue weighted by molar-refractivity contribution is 7.90. The van der Waals surface area contributed by atoms with Crippen LogP contribution in [0.1, 0.15) is 26.2 Å². The van der Waals surface area contributed by atoms with Crippen molar-refractivity contribution in [1.82, 2.24) is 15.3 Å². The van der Waals surface area contributed by atoms with Gasteiger partial charge in [-0.1, -0.05) is 6.92 Å². The first-order valence-electron chi connectivity index (χ1n) is 8.72. The van der Waals surface area contributed by atoms with Gasteiger partial charge in [-0.15, -0.1) is 5.06 Å². The number of hydrogen-bond donors (Lipinski definition) is 3. The second kappa shape index (κ2) is 6.71. The molecular weight excluding hydrogens is 364 g/mol. The molecule has 3 aliphatic heterocycles. The summed E-state index contributed by atoms with van der Waals surface area (Å²) >= 11 is 0. The van der Waals surface area contributed by atoms with Gasteiger partial charge in [0.05, 0.1) is 11.9 Å². The quantitative estimate of drug-likeness (QED) is 0.539. The molecule has 3 unspecified atom stereocenters. The van der Waals surface area contributed by atoms with Crippen molar-refractivity contribution in [1.29, 1.82) is 0 Å². The van der Waals surface area contributed by atoms with Crippen LogP contribution in [0.15, 0.2) is 4.99 Å². The molecule has 2 fully saturated rings. The van der Waals surface area contributed by atoms with Crippen molar-refractivity contribution in [3.05, 3.63) is 0 Å². The summed E-state index contributed by atoms with van der Waals surface area (Å²) < 4.78 is 29.4. The minimum absolute atomic E-state index is 0.0368. The van der Waals surface area contributed by atoms with Crippen LogP contribution < -0.4 is 5.32 Å². The number of urea groups is 1. The van der Waals surface area contributed by atoms with Crippen molar-refractivity contribution in [3.8, 4) is 0 Å². The average molecular weight is 390 g/mol. The van der Waals surface area contributed by atoms with E-state index in [-0.39, 0.29) is 19.0 Å². The van der Waals surface area contributed by atoms with Gasteiger partial charge in [0.15, 0.2) is 0 Å². The Kier molecular flexibility index (Phi) is 5.03. The van der Waals surface area contributed by atoms with E-state index in [0.29, 0.717) is 25.9 Å². The van der Waals surface area contributed by atoms with Crippen molar-refractivity contribution >= 4 is 22.1 Å². The summed E-state index contributed by atoms with van der Waals surface area (Å²) in [6, 6.07) is -0.524. The number of hydrogen-bond acceptors (Lipinski definition) is 8. The van der Waals surface area contributed by atoms with Gasteiger partial charge in [-0.25, -0.2) is 13.2 Å². The number of aliphatic hydroxyl groups excluding tert-OH is 1. The lowest BCUT2D eigenvalue weighted by molar-refractivity contribution is -0.208. The standard InChI is InChI=1S/C15H26N4O6S/c1-3-11(20)15(5-4-7-25-15)14-9-16-10-19(22)12(14)17-13(21)18(14)6-8-26(2,23)24/h9,11-12,20,22H,3-8,10H2,1-2H3,(H,17,21)/t11-,12?,14?,15?/m0/s1. The number of ether oxygens (including phenoxy) is 1. The first-order chi connectivity index (χ1) is 12.2. The molecule has 26 heavy (non-hydrogen) atoms. The van der Waals surface area contributed by atoms with E-state index in [1.54, 1.807) is 0 Å². The maximum atomic E-state index is 12.7. The summed E-state index contributed by atoms with van der Waals surface area (Å²) in [6.45, 7) is 2.08. The molecule has 2 amide bonds. The molecule has 0 radical (unpaired) electrons. The van der Waals surface area contributed by atoms with E-state index in [9.17, 15) is 23.5 Å². The molecule has 3 aliphatic rings. The van der Waals surface area contributed by atoms with Crippen molar-refractivity contribution in [2.24, 2.45) is 4.99 Å². The lowest BCUT2D eigenvalue weighted by atomic mass is 9.70. The summed E-state index contributed by atoms with van der Waals surface area (Å²) in [5.74, 6) is -0.244. The molecule has 0 spiro atoms. The number of aliphatic imine (C=N–C) groups is 1. The van der Waals surface area contributed by atoms with Crippen LogP contribution in [0.2, 0.25) is 0 Å². The minimum Gasteiger partial charge on any atom is -0.390 e. The number of carbonyl (C=O) groups excluding carboxylic acids is 1. The Balaban J connectivity index is 2.12. The second-order valence-electron chi connectivity index (χ2n) is 7.12. The third-order valence-corrected chi connectivity index (χ3v) is 6.45. The van der Waals surface area contributed by atoms with Gasteiger partial charge in [0, 0.05) is 25.6 Å². The Morgan fingerprint density at radius 2 is 2.27 bits per heavy atom. The normalized spacial score (nSPS) is 36.2. The Morgan fingerprint density at radius 1 is 1.54 bits per heavy atom. The maximum absolute atomic E-state index is 12.7. The molecular formula is C15H26N4O6S. The number of nitrogens with zero attached hydrogens (tertiary/aromatic N) is 3. The Bertz CT molecular complexity index is 692. The van der Waals surface area contributed by atoms with Crippen LogP contribution in [-0.2, 0) is 14.6 Å². The molecule has 11 heteroatoms. The summed E-state index contributed by atoms with van der Waals surface area (Å²) in [6.07, 6.45) is 2.34. The number of hydroxylamine groups is 2. The van der Waals surface area contributed by atoms with Crippen LogP contribution >= 0.6 is 0 Å². The SMILES string of the molecule is CC[C@H](O)C1(C23C=NCN(O)C2NC(=O)N3CCS(C)(=O)=O)CCCO1. The molecule has 0 saturated carbocycles. The number of aliphatic hydroxyl groups is 1. The van der Waals surface area contributed by atoms with Crippen LogP contribution in [-0.4, -0.2) is 96.2 Å². The molecule has 3 heterocycles. The third-order valence-electron chi connectivity index (χ3n) is 5.52. The number of amides is 2. The number of carbonyl (C=O) groups is 1. The van der Waals surface area contributed by atoms with Gasteiger partial charge in [-0.2, -0.15) is 0 Å². The monoisotopic (exact) mass is 390 g/mol. The largest absolute Gasteiger partial charge is 0.390 e. The van der Waals surface area contributed by atoms with Crippen molar-refractivity contribution in [2.45, 2.75) is 49.6 Å². The van der Waals surface area contributed by atoms with Crippen LogP contribution in [0, 0.1) is 0 Å². The fourth-order valence-electron chi connectivity index (χ4n) is 4.36. The first kappa shape index (κ1) is 19.5. The Morgan fingerprint density at radius 3 is 2.85 bits per heavy atom. The van der Waals surface area contributed by atoms with E-state index in [1.165, 1.54) is 11.1 Å². The maximum Gasteiger partial charge on any atom is 0.319 e. The molecule has 4 atom stereocenters. The van der Waals surface area contributed by atoms with E-state index in [4.69, 9.17) is 4.74 Å². The zero-order chi connectivity index (χ0) is 19.2. The third kappa shape index (κ3) is 2.82. The smallest absolute Gasteiger partial charge is 0.319 e. The van der Waals surface area contributed by atoms with Crippen LogP contribution in [0.5, 0.6) is 0 Å². The average Bonchev–Trinajstić information content (AvgIpc) is 3.16. The molecule has 0 bridgehead atoms. The lowest BCUT2D eigenvalue weighted by Gasteiger charge is -2.53. The number of fused-ring (bicyclic) bond motifs is 1. The van der Waals surface area contributed by atoms with Crippen molar-refractivity contribution in [3.63, 3.8) is 0 Å². The number of nitrogens with one attached hydrogen (secondary N) is 1. The molecule has 0 aliphatic carbocycles. The Labute approximate surface area is 152 Å². The fraction of sp³-hybridized carbons (Fsp3) is 0.867. The summed E-state index contributed by atoms with van der Waals surface area (Å²) in [7, 11) is -3.33. The first-order valence-corrected chi connectivity index (χ1v) is 10.8. The van der Waals surface area contributed by atoms with Gasteiger partial charge in [0.2, 0.25) is 0 Å². The minimum atomic E-state index is -3.33. The highest BCUT2D eigenvalue weighted by atomic mass is 32.2. The Hall–Kier alpha value is -1.27. The van der Waals surface area contributed by atoms with Gasteiger partial charge in [0.25, 0.3) is 0 Å². The van der Waals surface area contributed by atoms with E-state index < -0.39 is 39.3 Å². The summed E-state index contributed by atoms with van der Waals surface area (Å²) in [5, 5.41) is 24.8. The zero-order valence-corrected chi connectivity index (χ0v) is 15.8. The van der Waals surface area contributed by atoms with Crippen LogP contribution in [0.4, 0.5) is 4.79 Å². The predicted molar refractivity (Wildman–Crippen MR) is 92.7 cm³/mol. The second-order valence-corrected chi connectivity index (χ2v) is 9.38. The van der Waals surface area contributed by atoms with Gasteiger partial charge in [-0.3, -0.25) is 4.99 Å².